The summed E-state index contributed by atoms with van der Waals surface area (Å²) in [6.45, 7) is 0. The molecule has 0 unspecified atom stereocenters. The van der Waals surface area contributed by atoms with Crippen LogP contribution in [-0.2, 0) is 14.8 Å². The summed E-state index contributed by atoms with van der Waals surface area (Å²) >= 11 is 2.97. The Morgan fingerprint density at radius 1 is 1.29 bits per heavy atom. The average molecular weight is 380 g/mol. The molecular formula is C13H15BrFNO4S. The predicted molar refractivity (Wildman–Crippen MR) is 77.8 cm³/mol. The zero-order valence-electron chi connectivity index (χ0n) is 11.1. The third-order valence-corrected chi connectivity index (χ3v) is 5.76. The molecular weight excluding hydrogens is 365 g/mol. The highest BCUT2D eigenvalue weighted by Crippen LogP contribution is 2.26. The summed E-state index contributed by atoms with van der Waals surface area (Å²) in [5.74, 6) is -1.89. The lowest BCUT2D eigenvalue weighted by Crippen LogP contribution is -2.38. The van der Waals surface area contributed by atoms with Crippen LogP contribution in [0.25, 0.3) is 0 Å². The van der Waals surface area contributed by atoms with E-state index in [0.29, 0.717) is 25.7 Å². The first-order chi connectivity index (χ1) is 9.79. The van der Waals surface area contributed by atoms with Crippen LogP contribution in [0.3, 0.4) is 0 Å². The number of carboxylic acid groups (broad SMARTS) is 1. The summed E-state index contributed by atoms with van der Waals surface area (Å²) in [6.07, 6.45) is 1.82. The van der Waals surface area contributed by atoms with Gasteiger partial charge in [0.15, 0.2) is 0 Å². The van der Waals surface area contributed by atoms with Crippen LogP contribution in [0.2, 0.25) is 0 Å². The molecule has 1 aromatic rings. The number of aliphatic carboxylic acids is 1. The SMILES string of the molecule is O=C(O)C1CCC(NS(=O)(=O)c2ccc(Br)c(F)c2)CC1. The van der Waals surface area contributed by atoms with Gasteiger partial charge in [0.2, 0.25) is 10.0 Å². The van der Waals surface area contributed by atoms with Crippen LogP contribution in [0, 0.1) is 11.7 Å². The summed E-state index contributed by atoms with van der Waals surface area (Å²) in [4.78, 5) is 10.7. The van der Waals surface area contributed by atoms with Crippen molar-refractivity contribution in [3.63, 3.8) is 0 Å². The maximum Gasteiger partial charge on any atom is 0.306 e. The highest BCUT2D eigenvalue weighted by molar-refractivity contribution is 9.10. The largest absolute Gasteiger partial charge is 0.481 e. The summed E-state index contributed by atoms with van der Waals surface area (Å²) in [6, 6.07) is 3.30. The van der Waals surface area contributed by atoms with Crippen molar-refractivity contribution in [3.8, 4) is 0 Å². The van der Waals surface area contributed by atoms with Crippen molar-refractivity contribution >= 4 is 31.9 Å². The van der Waals surface area contributed by atoms with Gasteiger partial charge in [-0.1, -0.05) is 0 Å². The van der Waals surface area contributed by atoms with E-state index in [2.05, 4.69) is 20.7 Å². The van der Waals surface area contributed by atoms with Gasteiger partial charge in [0.1, 0.15) is 5.82 Å². The molecule has 116 valence electrons. The molecule has 1 aromatic carbocycles. The smallest absolute Gasteiger partial charge is 0.306 e. The Balaban J connectivity index is 2.05. The first-order valence-corrected chi connectivity index (χ1v) is 8.77. The lowest BCUT2D eigenvalue weighted by Gasteiger charge is -2.26. The topological polar surface area (TPSA) is 83.5 Å². The molecule has 0 heterocycles. The number of hydrogen-bond donors (Lipinski definition) is 2. The fourth-order valence-corrected chi connectivity index (χ4v) is 3.95. The molecule has 1 aliphatic rings. The average Bonchev–Trinajstić information content (AvgIpc) is 2.42. The fourth-order valence-electron chi connectivity index (χ4n) is 2.39. The van der Waals surface area contributed by atoms with E-state index < -0.39 is 27.7 Å². The van der Waals surface area contributed by atoms with Crippen molar-refractivity contribution in [3.05, 3.63) is 28.5 Å². The molecule has 0 aromatic heterocycles. The molecule has 2 rings (SSSR count). The van der Waals surface area contributed by atoms with E-state index >= 15 is 0 Å². The summed E-state index contributed by atoms with van der Waals surface area (Å²) in [5, 5.41) is 8.91. The second-order valence-corrected chi connectivity index (χ2v) is 7.65. The third-order valence-electron chi connectivity index (χ3n) is 3.60. The Morgan fingerprint density at radius 3 is 2.43 bits per heavy atom. The maximum absolute atomic E-state index is 13.4. The zero-order chi connectivity index (χ0) is 15.6. The van der Waals surface area contributed by atoms with Gasteiger partial charge in [-0.25, -0.2) is 17.5 Å². The number of sulfonamides is 1. The molecule has 1 aliphatic carbocycles. The number of benzene rings is 1. The molecule has 0 saturated heterocycles. The van der Waals surface area contributed by atoms with Crippen molar-refractivity contribution in [2.24, 2.45) is 5.92 Å². The van der Waals surface area contributed by atoms with E-state index in [0.717, 1.165) is 6.07 Å². The zero-order valence-corrected chi connectivity index (χ0v) is 13.5. The van der Waals surface area contributed by atoms with Crippen LogP contribution in [0.5, 0.6) is 0 Å². The molecule has 5 nitrogen and oxygen atoms in total. The molecule has 2 N–H and O–H groups in total. The monoisotopic (exact) mass is 379 g/mol. The van der Waals surface area contributed by atoms with Gasteiger partial charge >= 0.3 is 5.97 Å². The predicted octanol–water partition coefficient (Wildman–Crippen LogP) is 2.51. The van der Waals surface area contributed by atoms with Gasteiger partial charge in [0, 0.05) is 6.04 Å². The number of carboxylic acids is 1. The van der Waals surface area contributed by atoms with E-state index in [1.807, 2.05) is 0 Å². The summed E-state index contributed by atoms with van der Waals surface area (Å²) in [7, 11) is -3.80. The third kappa shape index (κ3) is 4.02. The highest BCUT2D eigenvalue weighted by atomic mass is 79.9. The second-order valence-electron chi connectivity index (χ2n) is 5.08. The summed E-state index contributed by atoms with van der Waals surface area (Å²) in [5.41, 5.74) is 0. The number of carbonyl (C=O) groups is 1. The molecule has 0 atom stereocenters. The van der Waals surface area contributed by atoms with Crippen LogP contribution >= 0.6 is 15.9 Å². The van der Waals surface area contributed by atoms with E-state index in [1.54, 1.807) is 0 Å². The Morgan fingerprint density at radius 2 is 1.90 bits per heavy atom. The van der Waals surface area contributed by atoms with Gasteiger partial charge in [0.25, 0.3) is 0 Å². The minimum Gasteiger partial charge on any atom is -0.481 e. The minimum absolute atomic E-state index is 0.136. The van der Waals surface area contributed by atoms with Crippen molar-refractivity contribution in [1.82, 2.24) is 4.72 Å². The maximum atomic E-state index is 13.4. The van der Waals surface area contributed by atoms with Gasteiger partial charge in [0.05, 0.1) is 15.3 Å². The Labute approximate surface area is 130 Å². The van der Waals surface area contributed by atoms with Gasteiger partial charge in [-0.15, -0.1) is 0 Å². The first kappa shape index (κ1) is 16.4. The molecule has 1 saturated carbocycles. The van der Waals surface area contributed by atoms with E-state index in [1.165, 1.54) is 12.1 Å². The molecule has 0 aliphatic heterocycles. The molecule has 1 fully saturated rings. The Bertz CT molecular complexity index is 642. The van der Waals surface area contributed by atoms with E-state index in [9.17, 15) is 17.6 Å². The van der Waals surface area contributed by atoms with Gasteiger partial charge in [-0.3, -0.25) is 4.79 Å². The number of hydrogen-bond acceptors (Lipinski definition) is 3. The number of halogens is 2. The molecule has 0 amide bonds. The number of nitrogens with one attached hydrogen (secondary N) is 1. The van der Waals surface area contributed by atoms with Gasteiger partial charge < -0.3 is 5.11 Å². The second kappa shape index (κ2) is 6.41. The Hall–Kier alpha value is -0.990. The highest BCUT2D eigenvalue weighted by Gasteiger charge is 2.29. The Kier molecular flexibility index (Phi) is 5.00. The van der Waals surface area contributed by atoms with Crippen molar-refractivity contribution in [1.29, 1.82) is 0 Å². The quantitative estimate of drug-likeness (QED) is 0.841. The van der Waals surface area contributed by atoms with E-state index in [-0.39, 0.29) is 15.4 Å². The van der Waals surface area contributed by atoms with Gasteiger partial charge in [-0.05, 0) is 59.8 Å². The minimum atomic E-state index is -3.80. The molecule has 21 heavy (non-hydrogen) atoms. The van der Waals surface area contributed by atoms with Crippen molar-refractivity contribution in [2.75, 3.05) is 0 Å². The number of rotatable bonds is 4. The first-order valence-electron chi connectivity index (χ1n) is 6.50. The van der Waals surface area contributed by atoms with Crippen LogP contribution in [0.4, 0.5) is 4.39 Å². The lowest BCUT2D eigenvalue weighted by molar-refractivity contribution is -0.142. The standard InChI is InChI=1S/C13H15BrFNO4S/c14-11-6-5-10(7-12(11)15)21(19,20)16-9-3-1-8(2-4-9)13(17)18/h5-9,16H,1-4H2,(H,17,18). The lowest BCUT2D eigenvalue weighted by atomic mass is 9.87. The molecule has 8 heteroatoms. The van der Waals surface area contributed by atoms with Crippen molar-refractivity contribution < 1.29 is 22.7 Å². The molecule has 0 radical (unpaired) electrons. The molecule has 0 spiro atoms. The summed E-state index contributed by atoms with van der Waals surface area (Å²) < 4.78 is 40.5. The van der Waals surface area contributed by atoms with Crippen molar-refractivity contribution in [2.45, 2.75) is 36.6 Å². The van der Waals surface area contributed by atoms with Gasteiger partial charge in [-0.2, -0.15) is 0 Å². The van der Waals surface area contributed by atoms with Crippen LogP contribution in [0.1, 0.15) is 25.7 Å². The van der Waals surface area contributed by atoms with E-state index in [4.69, 9.17) is 5.11 Å². The van der Waals surface area contributed by atoms with Crippen LogP contribution in [0.15, 0.2) is 27.6 Å². The fraction of sp³-hybridized carbons (Fsp3) is 0.462. The normalized spacial score (nSPS) is 23.0. The molecule has 0 bridgehead atoms. The van der Waals surface area contributed by atoms with Crippen LogP contribution < -0.4 is 4.72 Å². The van der Waals surface area contributed by atoms with Crippen LogP contribution in [-0.4, -0.2) is 25.5 Å².